The van der Waals surface area contributed by atoms with Crippen LogP contribution in [0, 0.1) is 0 Å². The maximum atomic E-state index is 11.9. The highest BCUT2D eigenvalue weighted by atomic mass is 35.5. The second-order valence-electron chi connectivity index (χ2n) is 3.74. The summed E-state index contributed by atoms with van der Waals surface area (Å²) in [4.78, 5) is 27.1. The number of hydrogen-bond donors (Lipinski definition) is 1. The number of rotatable bonds is 4. The highest BCUT2D eigenvalue weighted by molar-refractivity contribution is 6.29. The lowest BCUT2D eigenvalue weighted by atomic mass is 10.2. The SMILES string of the molecule is CCc1cc(C(=O)N[C@@H](C)C(=O)OC)cc(Cl)n1. The van der Waals surface area contributed by atoms with Crippen LogP contribution in [0.3, 0.4) is 0 Å². The van der Waals surface area contributed by atoms with Gasteiger partial charge in [0.2, 0.25) is 0 Å². The van der Waals surface area contributed by atoms with E-state index in [9.17, 15) is 9.59 Å². The average molecular weight is 271 g/mol. The molecular weight excluding hydrogens is 256 g/mol. The second-order valence-corrected chi connectivity index (χ2v) is 4.13. The number of esters is 1. The van der Waals surface area contributed by atoms with Gasteiger partial charge in [0.15, 0.2) is 0 Å². The molecule has 1 amide bonds. The summed E-state index contributed by atoms with van der Waals surface area (Å²) in [5.74, 6) is -0.883. The molecule has 1 rings (SSSR count). The molecular formula is C12H15ClN2O3. The van der Waals surface area contributed by atoms with E-state index >= 15 is 0 Å². The number of carbonyl (C=O) groups excluding carboxylic acids is 2. The fraction of sp³-hybridized carbons (Fsp3) is 0.417. The minimum Gasteiger partial charge on any atom is -0.467 e. The van der Waals surface area contributed by atoms with E-state index in [0.29, 0.717) is 12.0 Å². The molecule has 1 heterocycles. The molecule has 0 aliphatic rings. The Balaban J connectivity index is 2.84. The van der Waals surface area contributed by atoms with Gasteiger partial charge >= 0.3 is 5.97 Å². The number of aryl methyl sites for hydroxylation is 1. The van der Waals surface area contributed by atoms with Crippen molar-refractivity contribution in [2.24, 2.45) is 0 Å². The zero-order valence-corrected chi connectivity index (χ0v) is 11.2. The van der Waals surface area contributed by atoms with Gasteiger partial charge in [-0.05, 0) is 25.5 Å². The van der Waals surface area contributed by atoms with Crippen LogP contribution in [-0.4, -0.2) is 30.0 Å². The number of ether oxygens (including phenoxy) is 1. The minimum atomic E-state index is -0.709. The van der Waals surface area contributed by atoms with E-state index < -0.39 is 12.0 Å². The first kappa shape index (κ1) is 14.4. The molecule has 1 atom stereocenters. The largest absolute Gasteiger partial charge is 0.467 e. The van der Waals surface area contributed by atoms with E-state index in [4.69, 9.17) is 11.6 Å². The Morgan fingerprint density at radius 2 is 2.17 bits per heavy atom. The summed E-state index contributed by atoms with van der Waals surface area (Å²) in [6.45, 7) is 3.46. The van der Waals surface area contributed by atoms with Crippen LogP contribution in [0.1, 0.15) is 29.9 Å². The van der Waals surface area contributed by atoms with Crippen LogP contribution in [-0.2, 0) is 16.0 Å². The van der Waals surface area contributed by atoms with E-state index in [0.717, 1.165) is 5.69 Å². The van der Waals surface area contributed by atoms with Gasteiger partial charge in [-0.2, -0.15) is 0 Å². The Morgan fingerprint density at radius 1 is 1.50 bits per heavy atom. The quantitative estimate of drug-likeness (QED) is 0.666. The van der Waals surface area contributed by atoms with Crippen LogP contribution in [0.2, 0.25) is 5.15 Å². The Labute approximate surface area is 110 Å². The third-order valence-electron chi connectivity index (χ3n) is 2.37. The van der Waals surface area contributed by atoms with E-state index in [2.05, 4.69) is 15.0 Å². The molecule has 0 unspecified atom stereocenters. The minimum absolute atomic E-state index is 0.255. The third kappa shape index (κ3) is 3.70. The molecule has 1 aromatic heterocycles. The standard InChI is InChI=1S/C12H15ClN2O3/c1-4-9-5-8(6-10(13)15-9)11(16)14-7(2)12(17)18-3/h5-7H,4H2,1-3H3,(H,14,16)/t7-/m0/s1. The van der Waals surface area contributed by atoms with E-state index in [1.807, 2.05) is 6.92 Å². The number of carbonyl (C=O) groups is 2. The van der Waals surface area contributed by atoms with Gasteiger partial charge < -0.3 is 10.1 Å². The maximum absolute atomic E-state index is 11.9. The molecule has 0 saturated carbocycles. The van der Waals surface area contributed by atoms with Gasteiger partial charge in [-0.3, -0.25) is 4.79 Å². The maximum Gasteiger partial charge on any atom is 0.328 e. The Morgan fingerprint density at radius 3 is 2.72 bits per heavy atom. The molecule has 6 heteroatoms. The monoisotopic (exact) mass is 270 g/mol. The summed E-state index contributed by atoms with van der Waals surface area (Å²) in [7, 11) is 1.27. The lowest BCUT2D eigenvalue weighted by molar-refractivity contribution is -0.142. The van der Waals surface area contributed by atoms with Crippen molar-refractivity contribution in [1.82, 2.24) is 10.3 Å². The number of amides is 1. The molecule has 0 aliphatic heterocycles. The first-order chi connectivity index (χ1) is 8.47. The number of nitrogens with one attached hydrogen (secondary N) is 1. The highest BCUT2D eigenvalue weighted by Gasteiger charge is 2.17. The van der Waals surface area contributed by atoms with Gasteiger partial charge in [-0.25, -0.2) is 9.78 Å². The molecule has 0 radical (unpaired) electrons. The van der Waals surface area contributed by atoms with Crippen molar-refractivity contribution >= 4 is 23.5 Å². The number of aromatic nitrogens is 1. The average Bonchev–Trinajstić information content (AvgIpc) is 2.36. The molecule has 5 nitrogen and oxygen atoms in total. The van der Waals surface area contributed by atoms with Crippen molar-refractivity contribution in [3.05, 3.63) is 28.5 Å². The second kappa shape index (κ2) is 6.35. The Kier molecular flexibility index (Phi) is 5.09. The zero-order valence-electron chi connectivity index (χ0n) is 10.5. The fourth-order valence-corrected chi connectivity index (χ4v) is 1.61. The molecule has 0 saturated heterocycles. The Hall–Kier alpha value is -1.62. The molecule has 0 bridgehead atoms. The molecule has 0 fully saturated rings. The number of methoxy groups -OCH3 is 1. The van der Waals surface area contributed by atoms with Crippen LogP contribution in [0.25, 0.3) is 0 Å². The van der Waals surface area contributed by atoms with Gasteiger partial charge in [0.25, 0.3) is 5.91 Å². The molecule has 0 aliphatic carbocycles. The van der Waals surface area contributed by atoms with Crippen LogP contribution >= 0.6 is 11.6 Å². The van der Waals surface area contributed by atoms with Gasteiger partial charge in [0.05, 0.1) is 7.11 Å². The first-order valence-electron chi connectivity index (χ1n) is 5.53. The van der Waals surface area contributed by atoms with Crippen LogP contribution in [0.4, 0.5) is 0 Å². The summed E-state index contributed by atoms with van der Waals surface area (Å²) < 4.78 is 4.53. The summed E-state index contributed by atoms with van der Waals surface area (Å²) >= 11 is 5.82. The van der Waals surface area contributed by atoms with Gasteiger partial charge in [0, 0.05) is 11.3 Å². The van der Waals surface area contributed by atoms with Gasteiger partial charge in [-0.1, -0.05) is 18.5 Å². The summed E-state index contributed by atoms with van der Waals surface area (Å²) in [5.41, 5.74) is 1.10. The number of hydrogen-bond acceptors (Lipinski definition) is 4. The lowest BCUT2D eigenvalue weighted by Crippen LogP contribution is -2.39. The molecule has 1 N–H and O–H groups in total. The van der Waals surface area contributed by atoms with Crippen LogP contribution in [0.5, 0.6) is 0 Å². The summed E-state index contributed by atoms with van der Waals surface area (Å²) in [5, 5.41) is 2.78. The topological polar surface area (TPSA) is 68.3 Å². The Bertz CT molecular complexity index is 463. The lowest BCUT2D eigenvalue weighted by Gasteiger charge is -2.12. The third-order valence-corrected chi connectivity index (χ3v) is 2.57. The van der Waals surface area contributed by atoms with Crippen LogP contribution in [0.15, 0.2) is 12.1 Å². The number of nitrogens with zero attached hydrogens (tertiary/aromatic N) is 1. The smallest absolute Gasteiger partial charge is 0.328 e. The van der Waals surface area contributed by atoms with Crippen molar-refractivity contribution in [3.8, 4) is 0 Å². The molecule has 18 heavy (non-hydrogen) atoms. The molecule has 98 valence electrons. The summed E-state index contributed by atoms with van der Waals surface area (Å²) in [6.07, 6.45) is 0.674. The van der Waals surface area contributed by atoms with Crippen molar-refractivity contribution < 1.29 is 14.3 Å². The molecule has 0 aromatic carbocycles. The fourth-order valence-electron chi connectivity index (χ4n) is 1.38. The highest BCUT2D eigenvalue weighted by Crippen LogP contribution is 2.11. The van der Waals surface area contributed by atoms with E-state index in [1.54, 1.807) is 13.0 Å². The first-order valence-corrected chi connectivity index (χ1v) is 5.90. The van der Waals surface area contributed by atoms with E-state index in [-0.39, 0.29) is 11.1 Å². The van der Waals surface area contributed by atoms with Gasteiger partial charge in [-0.15, -0.1) is 0 Å². The normalized spacial score (nSPS) is 11.8. The van der Waals surface area contributed by atoms with Crippen molar-refractivity contribution in [3.63, 3.8) is 0 Å². The molecule has 1 aromatic rings. The van der Waals surface area contributed by atoms with Crippen LogP contribution < -0.4 is 5.32 Å². The summed E-state index contributed by atoms with van der Waals surface area (Å²) in [6, 6.07) is 2.39. The number of halogens is 1. The van der Waals surface area contributed by atoms with Crippen molar-refractivity contribution in [2.75, 3.05) is 7.11 Å². The molecule has 0 spiro atoms. The van der Waals surface area contributed by atoms with Gasteiger partial charge in [0.1, 0.15) is 11.2 Å². The zero-order chi connectivity index (χ0) is 13.7. The van der Waals surface area contributed by atoms with Crippen molar-refractivity contribution in [2.45, 2.75) is 26.3 Å². The predicted molar refractivity (Wildman–Crippen MR) is 67.6 cm³/mol. The number of pyridine rings is 1. The predicted octanol–water partition coefficient (Wildman–Crippen LogP) is 1.59. The van der Waals surface area contributed by atoms with E-state index in [1.165, 1.54) is 13.2 Å². The van der Waals surface area contributed by atoms with Crippen molar-refractivity contribution in [1.29, 1.82) is 0 Å².